The molecule has 6 nitrogen and oxygen atoms in total. The van der Waals surface area contributed by atoms with Crippen molar-refractivity contribution in [3.8, 4) is 67.3 Å². The van der Waals surface area contributed by atoms with Gasteiger partial charge in [-0.2, -0.15) is 0 Å². The highest BCUT2D eigenvalue weighted by Gasteiger charge is 2.25. The molecule has 14 rings (SSSR count). The predicted molar refractivity (Wildman–Crippen MR) is 289 cm³/mol. The van der Waals surface area contributed by atoms with E-state index in [0.29, 0.717) is 0 Å². The van der Waals surface area contributed by atoms with Crippen LogP contribution in [0.2, 0.25) is 0 Å². The molecule has 344 valence electrons. The maximum Gasteiger partial charge on any atom is 0.116 e. The maximum atomic E-state index is 4.60. The summed E-state index contributed by atoms with van der Waals surface area (Å²) < 4.78 is 0. The number of hydrogen-bond acceptors (Lipinski definition) is 6. The zero-order valence-electron chi connectivity index (χ0n) is 41.0. The van der Waals surface area contributed by atoms with Crippen molar-refractivity contribution in [2.75, 3.05) is 0 Å². The number of fused-ring (bicyclic) bond motifs is 12. The Balaban J connectivity index is 0.000000114. The second-order valence-corrected chi connectivity index (χ2v) is 17.0. The van der Waals surface area contributed by atoms with E-state index in [-0.39, 0.29) is 0 Å². The van der Waals surface area contributed by atoms with E-state index in [1.807, 2.05) is 71.3 Å². The molecule has 4 aromatic heterocycles. The summed E-state index contributed by atoms with van der Waals surface area (Å²) in [6.07, 6.45) is 11.1. The van der Waals surface area contributed by atoms with Crippen LogP contribution in [0.25, 0.3) is 67.3 Å². The fourth-order valence-corrected chi connectivity index (χ4v) is 9.89. The van der Waals surface area contributed by atoms with Crippen LogP contribution in [0, 0.1) is 13.8 Å². The lowest BCUT2D eigenvalue weighted by Gasteiger charge is -2.07. The molecule has 0 atom stereocenters. The van der Waals surface area contributed by atoms with Crippen molar-refractivity contribution in [3.63, 3.8) is 0 Å². The molecule has 0 saturated carbocycles. The van der Waals surface area contributed by atoms with Gasteiger partial charge in [-0.15, -0.1) is 0 Å². The van der Waals surface area contributed by atoms with E-state index in [0.717, 1.165) is 59.7 Å². The molecule has 6 heteroatoms. The summed E-state index contributed by atoms with van der Waals surface area (Å²) in [7, 11) is 0. The Kier molecular flexibility index (Phi) is 14.6. The van der Waals surface area contributed by atoms with Crippen molar-refractivity contribution < 1.29 is 0 Å². The van der Waals surface area contributed by atoms with Gasteiger partial charge in [0.1, 0.15) is 12.7 Å². The molecule has 4 heterocycles. The van der Waals surface area contributed by atoms with Gasteiger partial charge in [-0.05, 0) is 81.6 Å². The molecule has 0 unspecified atom stereocenters. The normalized spacial score (nSPS) is 11.6. The van der Waals surface area contributed by atoms with Gasteiger partial charge in [0.25, 0.3) is 0 Å². The Bertz CT molecular complexity index is 3170. The van der Waals surface area contributed by atoms with Gasteiger partial charge >= 0.3 is 0 Å². The van der Waals surface area contributed by atoms with Crippen LogP contribution in [-0.2, 0) is 25.7 Å². The van der Waals surface area contributed by atoms with Crippen molar-refractivity contribution in [1.29, 1.82) is 0 Å². The van der Waals surface area contributed by atoms with Crippen LogP contribution in [0.15, 0.2) is 195 Å². The lowest BCUT2D eigenvalue weighted by atomic mass is 10.0. The second-order valence-electron chi connectivity index (χ2n) is 17.0. The largest absolute Gasteiger partial charge is 0.261 e. The molecule has 4 aliphatic rings. The zero-order chi connectivity index (χ0) is 48.4. The van der Waals surface area contributed by atoms with Gasteiger partial charge < -0.3 is 0 Å². The van der Waals surface area contributed by atoms with Gasteiger partial charge in [-0.3, -0.25) is 9.97 Å². The third-order valence-electron chi connectivity index (χ3n) is 13.2. The maximum absolute atomic E-state index is 4.60. The number of pyridine rings is 2. The molecule has 0 fully saturated rings. The lowest BCUT2D eigenvalue weighted by Crippen LogP contribution is -1.93. The highest BCUT2D eigenvalue weighted by molar-refractivity contribution is 5.83. The van der Waals surface area contributed by atoms with E-state index in [1.54, 1.807) is 12.7 Å². The van der Waals surface area contributed by atoms with E-state index in [9.17, 15) is 0 Å². The molecule has 4 aliphatic carbocycles. The van der Waals surface area contributed by atoms with Crippen LogP contribution in [0.3, 0.4) is 0 Å². The Hall–Kier alpha value is -8.22. The van der Waals surface area contributed by atoms with Gasteiger partial charge in [0.05, 0.1) is 22.8 Å². The van der Waals surface area contributed by atoms with Crippen LogP contribution < -0.4 is 0 Å². The molecule has 0 N–H and O–H groups in total. The Morgan fingerprint density at radius 1 is 0.271 bits per heavy atom. The van der Waals surface area contributed by atoms with E-state index in [2.05, 4.69) is 182 Å². The van der Waals surface area contributed by atoms with Crippen LogP contribution in [0.4, 0.5) is 0 Å². The van der Waals surface area contributed by atoms with E-state index < -0.39 is 0 Å². The summed E-state index contributed by atoms with van der Waals surface area (Å²) in [6, 6.07) is 59.2. The Morgan fingerprint density at radius 2 is 0.629 bits per heavy atom. The number of benzene rings is 6. The Labute approximate surface area is 413 Å². The average Bonchev–Trinajstić information content (AvgIpc) is 4.22. The fourth-order valence-electron chi connectivity index (χ4n) is 9.89. The molecule has 0 aliphatic heterocycles. The highest BCUT2D eigenvalue weighted by atomic mass is 14.9. The minimum atomic E-state index is 0.927. The first-order valence-corrected chi connectivity index (χ1v) is 24.6. The molecule has 0 amide bonds. The van der Waals surface area contributed by atoms with E-state index in [4.69, 9.17) is 0 Å². The van der Waals surface area contributed by atoms with E-state index in [1.165, 1.54) is 89.1 Å². The molecule has 0 bridgehead atoms. The number of rotatable bonds is 2. The van der Waals surface area contributed by atoms with Gasteiger partial charge in [-0.25, -0.2) is 19.9 Å². The van der Waals surface area contributed by atoms with Crippen molar-refractivity contribution in [1.82, 2.24) is 29.9 Å². The number of hydrogen-bond donors (Lipinski definition) is 0. The Morgan fingerprint density at radius 3 is 1.19 bits per heavy atom. The first kappa shape index (κ1) is 46.9. The SMILES string of the molecule is CC.CC.Cc1nccc2c1Cc1ccccc1-2.Cc1ncnc2c1Cc1ccccc1-2.c1ccc(-c2nccc3c2Cc2ccccc2-3)cc1.c1ccc(-c2ncnc3c2Cc2ccccc2-3)cc1. The quantitative estimate of drug-likeness (QED) is 0.172. The molecular formula is C64H58N6. The first-order valence-electron chi connectivity index (χ1n) is 24.6. The lowest BCUT2D eigenvalue weighted by molar-refractivity contribution is 1.05. The topological polar surface area (TPSA) is 77.3 Å². The highest BCUT2D eigenvalue weighted by Crippen LogP contribution is 2.42. The van der Waals surface area contributed by atoms with Crippen LogP contribution in [0.5, 0.6) is 0 Å². The molecule has 0 radical (unpaired) electrons. The minimum Gasteiger partial charge on any atom is -0.261 e. The van der Waals surface area contributed by atoms with E-state index >= 15 is 0 Å². The third-order valence-corrected chi connectivity index (χ3v) is 13.2. The monoisotopic (exact) mass is 910 g/mol. The summed E-state index contributed by atoms with van der Waals surface area (Å²) in [5.41, 5.74) is 27.8. The summed E-state index contributed by atoms with van der Waals surface area (Å²) in [5, 5.41) is 0. The number of aromatic nitrogens is 6. The van der Waals surface area contributed by atoms with Crippen LogP contribution in [-0.4, -0.2) is 29.9 Å². The van der Waals surface area contributed by atoms with Crippen molar-refractivity contribution >= 4 is 0 Å². The smallest absolute Gasteiger partial charge is 0.116 e. The number of nitrogens with zero attached hydrogens (tertiary/aromatic N) is 6. The van der Waals surface area contributed by atoms with Crippen molar-refractivity contribution in [3.05, 3.63) is 251 Å². The predicted octanol–water partition coefficient (Wildman–Crippen LogP) is 15.4. The molecule has 0 spiro atoms. The third kappa shape index (κ3) is 9.46. The molecular weight excluding hydrogens is 853 g/mol. The molecule has 70 heavy (non-hydrogen) atoms. The zero-order valence-corrected chi connectivity index (χ0v) is 41.0. The summed E-state index contributed by atoms with van der Waals surface area (Å²) in [5.74, 6) is 0. The average molecular weight is 911 g/mol. The molecule has 6 aromatic carbocycles. The van der Waals surface area contributed by atoms with Crippen molar-refractivity contribution in [2.24, 2.45) is 0 Å². The van der Waals surface area contributed by atoms with Gasteiger partial charge in [0.2, 0.25) is 0 Å². The summed E-state index contributed by atoms with van der Waals surface area (Å²) in [6.45, 7) is 12.1. The molecule has 10 aromatic rings. The fraction of sp³-hybridized carbons (Fsp3) is 0.156. The van der Waals surface area contributed by atoms with Gasteiger partial charge in [-0.1, -0.05) is 185 Å². The standard InChI is InChI=1S/C18H13N.C17H12N2.C13H11N.C12H10N2.2C2H6/c1-2-6-13(7-3-1)18-17-12-14-8-4-5-9-15(14)16(17)10-11-19-18;1-2-6-12(7-3-1)16-15-10-13-8-4-5-9-14(13)17(15)19-11-18-16;1-9-13-8-10-4-2-3-5-11(10)12(13)6-7-14-9;1-8-11-6-9-4-2-3-5-10(9)12(11)14-7-13-8;2*1-2/h1-11H,12H2;1-9,11H,10H2;2-7H,8H2,1H3;2-5,7H,6H2,1H3;2*1-2H3. The van der Waals surface area contributed by atoms with Crippen LogP contribution in [0.1, 0.15) is 83.6 Å². The summed E-state index contributed by atoms with van der Waals surface area (Å²) >= 11 is 0. The van der Waals surface area contributed by atoms with Gasteiger partial charge in [0, 0.05) is 82.8 Å². The summed E-state index contributed by atoms with van der Waals surface area (Å²) in [4.78, 5) is 26.5. The second kappa shape index (κ2) is 21.8. The minimum absolute atomic E-state index is 0.927. The molecule has 0 saturated heterocycles. The van der Waals surface area contributed by atoms with Crippen molar-refractivity contribution in [2.45, 2.75) is 67.2 Å². The number of aryl methyl sites for hydroxylation is 2. The van der Waals surface area contributed by atoms with Gasteiger partial charge in [0.15, 0.2) is 0 Å². The first-order chi connectivity index (χ1) is 34.6. The van der Waals surface area contributed by atoms with Crippen LogP contribution >= 0.6 is 0 Å².